The number of rotatable bonds is 3. The van der Waals surface area contributed by atoms with Crippen molar-refractivity contribution in [2.24, 2.45) is 0 Å². The molecule has 6 rings (SSSR count). The van der Waals surface area contributed by atoms with Crippen LogP contribution in [0.3, 0.4) is 0 Å². The van der Waals surface area contributed by atoms with Crippen molar-refractivity contribution in [2.75, 3.05) is 18.8 Å². The van der Waals surface area contributed by atoms with Gasteiger partial charge in [-0.2, -0.15) is 5.10 Å². The second-order valence-corrected chi connectivity index (χ2v) is 8.31. The molecule has 0 aromatic carbocycles. The summed E-state index contributed by atoms with van der Waals surface area (Å²) < 4.78 is 10.1. The number of piperidine rings is 1. The number of amides is 1. The molecule has 10 heteroatoms. The van der Waals surface area contributed by atoms with Gasteiger partial charge in [0.05, 0.1) is 42.2 Å². The lowest BCUT2D eigenvalue weighted by Crippen LogP contribution is -2.37. The molecular formula is C23H22N8O2. The highest BCUT2D eigenvalue weighted by Crippen LogP contribution is 2.36. The number of nitrogen functional groups attached to an aromatic ring is 1. The molecule has 10 nitrogen and oxygen atoms in total. The van der Waals surface area contributed by atoms with Crippen molar-refractivity contribution in [3.05, 3.63) is 49.4 Å². The molecule has 1 saturated heterocycles. The molecule has 1 amide bonds. The molecule has 0 radical (unpaired) electrons. The molecule has 2 N–H and O–H groups in total. The van der Waals surface area contributed by atoms with Crippen LogP contribution in [0.25, 0.3) is 39.3 Å². The molecule has 1 aliphatic rings. The van der Waals surface area contributed by atoms with Crippen molar-refractivity contribution in [3.63, 3.8) is 0 Å². The Morgan fingerprint density at radius 3 is 2.82 bits per heavy atom. The lowest BCUT2D eigenvalue weighted by Gasteiger charge is -2.31. The average molecular weight is 442 g/mol. The van der Waals surface area contributed by atoms with Gasteiger partial charge in [0.1, 0.15) is 5.69 Å². The number of fused-ring (bicyclic) bond motifs is 2. The third-order valence-corrected chi connectivity index (χ3v) is 6.31. The highest BCUT2D eigenvalue weighted by molar-refractivity contribution is 5.99. The first-order chi connectivity index (χ1) is 16.1. The van der Waals surface area contributed by atoms with Gasteiger partial charge in [-0.05, 0) is 18.9 Å². The number of carbonyl (C=O) groups excluding carboxylic acids is 1. The van der Waals surface area contributed by atoms with Gasteiger partial charge in [0.25, 0.3) is 0 Å². The molecule has 0 atom stereocenters. The van der Waals surface area contributed by atoms with Crippen molar-refractivity contribution in [1.29, 1.82) is 0 Å². The number of pyridine rings is 1. The summed E-state index contributed by atoms with van der Waals surface area (Å²) in [6.45, 7) is 3.12. The van der Waals surface area contributed by atoms with Crippen LogP contribution in [0.1, 0.15) is 25.8 Å². The summed E-state index contributed by atoms with van der Waals surface area (Å²) in [5.74, 6) is 0.773. The molecular weight excluding hydrogens is 420 g/mol. The zero-order valence-electron chi connectivity index (χ0n) is 18.0. The molecule has 6 heterocycles. The lowest BCUT2D eigenvalue weighted by molar-refractivity contribution is -0.130. The van der Waals surface area contributed by atoms with E-state index in [-0.39, 0.29) is 11.9 Å². The van der Waals surface area contributed by atoms with Crippen molar-refractivity contribution >= 4 is 28.2 Å². The molecule has 0 aliphatic carbocycles. The Balaban J connectivity index is 1.37. The van der Waals surface area contributed by atoms with Crippen LogP contribution in [0.5, 0.6) is 0 Å². The summed E-state index contributed by atoms with van der Waals surface area (Å²) in [7, 11) is 0. The van der Waals surface area contributed by atoms with E-state index in [4.69, 9.17) is 10.2 Å². The molecule has 0 unspecified atom stereocenters. The van der Waals surface area contributed by atoms with E-state index in [1.54, 1.807) is 31.7 Å². The number of furan rings is 1. The van der Waals surface area contributed by atoms with Gasteiger partial charge in [-0.15, -0.1) is 0 Å². The van der Waals surface area contributed by atoms with Crippen LogP contribution in [0.2, 0.25) is 0 Å². The minimum absolute atomic E-state index is 0.126. The van der Waals surface area contributed by atoms with Gasteiger partial charge in [0, 0.05) is 49.6 Å². The molecule has 5 aromatic heterocycles. The maximum Gasteiger partial charge on any atom is 0.219 e. The Hall–Kier alpha value is -4.21. The van der Waals surface area contributed by atoms with Crippen LogP contribution in [-0.4, -0.2) is 53.0 Å². The second kappa shape index (κ2) is 7.44. The Bertz CT molecular complexity index is 1490. The largest absolute Gasteiger partial charge is 0.452 e. The van der Waals surface area contributed by atoms with Crippen molar-refractivity contribution in [3.8, 4) is 22.7 Å². The van der Waals surface area contributed by atoms with Crippen molar-refractivity contribution in [2.45, 2.75) is 25.8 Å². The zero-order chi connectivity index (χ0) is 22.5. The Morgan fingerprint density at radius 1 is 1.15 bits per heavy atom. The third kappa shape index (κ3) is 3.22. The molecule has 166 valence electrons. The van der Waals surface area contributed by atoms with E-state index >= 15 is 0 Å². The minimum atomic E-state index is 0.126. The fraction of sp³-hybridized carbons (Fsp3) is 0.261. The lowest BCUT2D eigenvalue weighted by atomic mass is 10.1. The smallest absolute Gasteiger partial charge is 0.219 e. The molecule has 5 aromatic rings. The van der Waals surface area contributed by atoms with Gasteiger partial charge >= 0.3 is 0 Å². The first-order valence-electron chi connectivity index (χ1n) is 10.8. The number of aromatic nitrogens is 6. The monoisotopic (exact) mass is 442 g/mol. The van der Waals surface area contributed by atoms with Crippen LogP contribution in [0.4, 0.5) is 5.69 Å². The van der Waals surface area contributed by atoms with Gasteiger partial charge < -0.3 is 15.1 Å². The number of nitrogens with zero attached hydrogens (tertiary/aromatic N) is 7. The topological polar surface area (TPSA) is 120 Å². The molecule has 0 saturated carbocycles. The Morgan fingerprint density at radius 2 is 2.00 bits per heavy atom. The van der Waals surface area contributed by atoms with Crippen molar-refractivity contribution in [1.82, 2.24) is 34.0 Å². The summed E-state index contributed by atoms with van der Waals surface area (Å²) in [6, 6.07) is 2.20. The van der Waals surface area contributed by atoms with Crippen LogP contribution >= 0.6 is 0 Å². The molecule has 0 bridgehead atoms. The fourth-order valence-electron chi connectivity index (χ4n) is 4.53. The maximum atomic E-state index is 11.6. The Labute approximate surface area is 188 Å². The van der Waals surface area contributed by atoms with Gasteiger partial charge in [-0.1, -0.05) is 0 Å². The normalized spacial score (nSPS) is 15.0. The second-order valence-electron chi connectivity index (χ2n) is 8.31. The van der Waals surface area contributed by atoms with E-state index in [1.165, 1.54) is 0 Å². The molecule has 1 aliphatic heterocycles. The Kier molecular flexibility index (Phi) is 4.39. The number of hydrogen-bond acceptors (Lipinski definition) is 7. The van der Waals surface area contributed by atoms with E-state index < -0.39 is 0 Å². The molecule has 33 heavy (non-hydrogen) atoms. The number of nitrogens with two attached hydrogens (primary N) is 1. The quantitative estimate of drug-likeness (QED) is 0.456. The molecule has 1 fully saturated rings. The molecule has 0 spiro atoms. The number of carbonyl (C=O) groups is 1. The average Bonchev–Trinajstić information content (AvgIpc) is 3.57. The standard InChI is InChI=1S/C23H22N8O2/c1-14(32)29-5-2-16(3-6-29)31-13-15(9-28-31)22-17-8-20(33-23(17)18(24)10-27-22)19-11-26-21-12-25-4-7-30(19)21/h4,7-13,16H,2-3,5-6,24H2,1H3. The SMILES string of the molecule is CC(=O)N1CCC(n2cc(-c3ncc(N)c4oc(-c5cnc6cnccn56)cc34)cn2)CC1. The van der Waals surface area contributed by atoms with Crippen molar-refractivity contribution < 1.29 is 9.21 Å². The third-order valence-electron chi connectivity index (χ3n) is 6.31. The fourth-order valence-corrected chi connectivity index (χ4v) is 4.53. The number of anilines is 1. The summed E-state index contributed by atoms with van der Waals surface area (Å²) in [6.07, 6.45) is 14.2. The summed E-state index contributed by atoms with van der Waals surface area (Å²) in [4.78, 5) is 26.6. The van der Waals surface area contributed by atoms with Gasteiger partial charge in [0.15, 0.2) is 17.0 Å². The van der Waals surface area contributed by atoms with E-state index in [1.807, 2.05) is 38.6 Å². The van der Waals surface area contributed by atoms with E-state index in [0.29, 0.717) is 17.0 Å². The minimum Gasteiger partial charge on any atom is -0.452 e. The van der Waals surface area contributed by atoms with Crippen LogP contribution < -0.4 is 5.73 Å². The highest BCUT2D eigenvalue weighted by atomic mass is 16.3. The number of imidazole rings is 1. The van der Waals surface area contributed by atoms with Gasteiger partial charge in [-0.3, -0.25) is 23.8 Å². The predicted octanol–water partition coefficient (Wildman–Crippen LogP) is 3.17. The summed E-state index contributed by atoms with van der Waals surface area (Å²) in [5.41, 5.74) is 10.5. The zero-order valence-corrected chi connectivity index (χ0v) is 18.0. The maximum absolute atomic E-state index is 11.6. The summed E-state index contributed by atoms with van der Waals surface area (Å²) >= 11 is 0. The van der Waals surface area contributed by atoms with E-state index in [2.05, 4.69) is 20.1 Å². The van der Waals surface area contributed by atoms with Gasteiger partial charge in [-0.25, -0.2) is 4.98 Å². The van der Waals surface area contributed by atoms with Gasteiger partial charge in [0.2, 0.25) is 5.91 Å². The first kappa shape index (κ1) is 19.5. The predicted molar refractivity (Wildman–Crippen MR) is 122 cm³/mol. The highest BCUT2D eigenvalue weighted by Gasteiger charge is 2.23. The number of hydrogen-bond donors (Lipinski definition) is 1. The van der Waals surface area contributed by atoms with E-state index in [0.717, 1.165) is 53.9 Å². The van der Waals surface area contributed by atoms with Crippen LogP contribution in [0, 0.1) is 0 Å². The van der Waals surface area contributed by atoms with Crippen LogP contribution in [-0.2, 0) is 4.79 Å². The van der Waals surface area contributed by atoms with Crippen LogP contribution in [0.15, 0.2) is 53.9 Å². The first-order valence-corrected chi connectivity index (χ1v) is 10.8. The van der Waals surface area contributed by atoms with E-state index in [9.17, 15) is 4.79 Å². The summed E-state index contributed by atoms with van der Waals surface area (Å²) in [5, 5.41) is 5.42. The number of likely N-dealkylation sites (tertiary alicyclic amines) is 1.